The Morgan fingerprint density at radius 1 is 1.43 bits per heavy atom. The molecule has 1 aliphatic rings. The lowest BCUT2D eigenvalue weighted by Crippen LogP contribution is -2.15. The van der Waals surface area contributed by atoms with Crippen LogP contribution in [0.5, 0.6) is 5.75 Å². The first-order valence-corrected chi connectivity index (χ1v) is 7.79. The van der Waals surface area contributed by atoms with Gasteiger partial charge in [-0.25, -0.2) is 0 Å². The predicted molar refractivity (Wildman–Crippen MR) is 82.8 cm³/mol. The van der Waals surface area contributed by atoms with Crippen LogP contribution in [0.1, 0.15) is 54.9 Å². The first-order valence-electron chi connectivity index (χ1n) is 7.79. The number of fused-ring (bicyclic) bond motifs is 1. The van der Waals surface area contributed by atoms with Crippen LogP contribution in [-0.4, -0.2) is 19.2 Å². The molecule has 0 aromatic heterocycles. The van der Waals surface area contributed by atoms with Crippen molar-refractivity contribution < 1.29 is 14.3 Å². The number of benzene rings is 1. The van der Waals surface area contributed by atoms with Crippen molar-refractivity contribution in [3.8, 4) is 5.75 Å². The summed E-state index contributed by atoms with van der Waals surface area (Å²) < 4.78 is 5.22. The highest BCUT2D eigenvalue weighted by molar-refractivity contribution is 5.98. The molecule has 0 N–H and O–H groups in total. The predicted octanol–water partition coefficient (Wildman–Crippen LogP) is 3.84. The minimum Gasteiger partial charge on any atom is -0.497 e. The number of carbonyl (C=O) groups excluding carboxylic acids is 2. The van der Waals surface area contributed by atoms with Crippen molar-refractivity contribution >= 4 is 12.1 Å². The van der Waals surface area contributed by atoms with Crippen molar-refractivity contribution in [3.05, 3.63) is 29.3 Å². The number of unbranched alkanes of at least 4 members (excludes halogenated alkanes) is 1. The third kappa shape index (κ3) is 3.93. The minimum absolute atomic E-state index is 0.230. The van der Waals surface area contributed by atoms with Crippen LogP contribution in [0.15, 0.2) is 18.2 Å². The second kappa shape index (κ2) is 7.39. The average molecular weight is 288 g/mol. The average Bonchev–Trinajstić information content (AvgIpc) is 2.66. The lowest BCUT2D eigenvalue weighted by molar-refractivity contribution is -0.108. The summed E-state index contributed by atoms with van der Waals surface area (Å²) in [6.07, 6.45) is 6.17. The van der Waals surface area contributed by atoms with E-state index in [1.54, 1.807) is 7.11 Å². The highest BCUT2D eigenvalue weighted by Crippen LogP contribution is 2.33. The third-order valence-electron chi connectivity index (χ3n) is 4.64. The van der Waals surface area contributed by atoms with Crippen LogP contribution < -0.4 is 4.74 Å². The van der Waals surface area contributed by atoms with Crippen LogP contribution in [0, 0.1) is 11.8 Å². The number of carbonyl (C=O) groups is 2. The summed E-state index contributed by atoms with van der Waals surface area (Å²) in [6.45, 7) is 2.21. The van der Waals surface area contributed by atoms with E-state index >= 15 is 0 Å². The van der Waals surface area contributed by atoms with Gasteiger partial charge < -0.3 is 9.53 Å². The van der Waals surface area contributed by atoms with Crippen LogP contribution in [0.4, 0.5) is 0 Å². The van der Waals surface area contributed by atoms with Gasteiger partial charge in [0.2, 0.25) is 0 Å². The third-order valence-corrected chi connectivity index (χ3v) is 4.64. The molecule has 0 heterocycles. The van der Waals surface area contributed by atoms with Crippen LogP contribution in [0.25, 0.3) is 0 Å². The maximum absolute atomic E-state index is 12.5. The summed E-state index contributed by atoms with van der Waals surface area (Å²) in [5.41, 5.74) is 1.97. The number of ketones is 1. The molecule has 0 radical (unpaired) electrons. The van der Waals surface area contributed by atoms with Gasteiger partial charge in [0.05, 0.1) is 7.11 Å². The normalized spacial score (nSPS) is 19.5. The Bertz CT molecular complexity index is 507. The molecule has 1 aliphatic carbocycles. The van der Waals surface area contributed by atoms with Crippen molar-refractivity contribution in [2.75, 3.05) is 7.11 Å². The van der Waals surface area contributed by atoms with Gasteiger partial charge in [-0.15, -0.1) is 0 Å². The van der Waals surface area contributed by atoms with E-state index in [0.29, 0.717) is 24.7 Å². The molecule has 2 rings (SSSR count). The highest BCUT2D eigenvalue weighted by Gasteiger charge is 2.26. The second-order valence-electron chi connectivity index (χ2n) is 6.02. The van der Waals surface area contributed by atoms with E-state index in [1.165, 1.54) is 0 Å². The number of ether oxygens (including phenoxy) is 1. The topological polar surface area (TPSA) is 43.4 Å². The van der Waals surface area contributed by atoms with E-state index in [4.69, 9.17) is 4.74 Å². The van der Waals surface area contributed by atoms with Gasteiger partial charge in [0.25, 0.3) is 0 Å². The Morgan fingerprint density at radius 2 is 2.24 bits per heavy atom. The molecular weight excluding hydrogens is 264 g/mol. The molecule has 0 bridgehead atoms. The lowest BCUT2D eigenvalue weighted by atomic mass is 9.84. The zero-order chi connectivity index (χ0) is 15.2. The van der Waals surface area contributed by atoms with Gasteiger partial charge in [-0.1, -0.05) is 19.4 Å². The standard InChI is InChI=1S/C18H24O3/c1-13(5-3-4-10-19)15-7-6-14-8-9-16(21-2)12-17(14)18(20)11-15/h8-10,12-13,15H,3-7,11H2,1-2H3. The van der Waals surface area contributed by atoms with Crippen LogP contribution in [-0.2, 0) is 11.2 Å². The van der Waals surface area contributed by atoms with Crippen molar-refractivity contribution in [1.82, 2.24) is 0 Å². The van der Waals surface area contributed by atoms with Gasteiger partial charge in [-0.3, -0.25) is 4.79 Å². The minimum atomic E-state index is 0.230. The van der Waals surface area contributed by atoms with Gasteiger partial charge in [-0.05, 0) is 48.8 Å². The molecule has 0 saturated carbocycles. The largest absolute Gasteiger partial charge is 0.497 e. The van der Waals surface area contributed by atoms with E-state index in [2.05, 4.69) is 6.92 Å². The second-order valence-corrected chi connectivity index (χ2v) is 6.02. The summed E-state index contributed by atoms with van der Waals surface area (Å²) in [5, 5.41) is 0. The quantitative estimate of drug-likeness (QED) is 0.454. The molecule has 1 aromatic carbocycles. The fraction of sp³-hybridized carbons (Fsp3) is 0.556. The number of hydrogen-bond donors (Lipinski definition) is 0. The molecule has 3 nitrogen and oxygen atoms in total. The van der Waals surface area contributed by atoms with E-state index in [9.17, 15) is 9.59 Å². The van der Waals surface area contributed by atoms with Gasteiger partial charge >= 0.3 is 0 Å². The summed E-state index contributed by atoms with van der Waals surface area (Å²) in [6, 6.07) is 5.82. The molecule has 3 heteroatoms. The Kier molecular flexibility index (Phi) is 5.54. The smallest absolute Gasteiger partial charge is 0.163 e. The van der Waals surface area contributed by atoms with E-state index in [1.807, 2.05) is 18.2 Å². The molecule has 1 aromatic rings. The summed E-state index contributed by atoms with van der Waals surface area (Å²) >= 11 is 0. The summed E-state index contributed by atoms with van der Waals surface area (Å²) in [4.78, 5) is 22.9. The van der Waals surface area contributed by atoms with E-state index < -0.39 is 0 Å². The van der Waals surface area contributed by atoms with Gasteiger partial charge in [-0.2, -0.15) is 0 Å². The Balaban J connectivity index is 2.06. The zero-order valence-electron chi connectivity index (χ0n) is 12.9. The summed E-state index contributed by atoms with van der Waals surface area (Å²) in [5.74, 6) is 1.89. The number of hydrogen-bond acceptors (Lipinski definition) is 3. The molecule has 0 saturated heterocycles. The zero-order valence-corrected chi connectivity index (χ0v) is 12.9. The van der Waals surface area contributed by atoms with Crippen molar-refractivity contribution in [3.63, 3.8) is 0 Å². The number of rotatable bonds is 6. The van der Waals surface area contributed by atoms with Gasteiger partial charge in [0.15, 0.2) is 5.78 Å². The lowest BCUT2D eigenvalue weighted by Gasteiger charge is -2.21. The van der Waals surface area contributed by atoms with Crippen molar-refractivity contribution in [1.29, 1.82) is 0 Å². The number of methoxy groups -OCH3 is 1. The van der Waals surface area contributed by atoms with Crippen molar-refractivity contribution in [2.45, 2.75) is 45.4 Å². The molecule has 21 heavy (non-hydrogen) atoms. The van der Waals surface area contributed by atoms with Crippen LogP contribution >= 0.6 is 0 Å². The molecule has 0 aliphatic heterocycles. The fourth-order valence-electron chi connectivity index (χ4n) is 3.20. The fourth-order valence-corrected chi connectivity index (χ4v) is 3.20. The van der Waals surface area contributed by atoms with E-state index in [-0.39, 0.29) is 5.78 Å². The molecule has 0 fully saturated rings. The molecule has 2 unspecified atom stereocenters. The SMILES string of the molecule is COc1ccc2c(c1)C(=O)CC(C(C)CCCC=O)CC2. The monoisotopic (exact) mass is 288 g/mol. The number of aldehydes is 1. The van der Waals surface area contributed by atoms with Gasteiger partial charge in [0.1, 0.15) is 12.0 Å². The number of Topliss-reactive ketones (excluding diaryl/α,β-unsaturated/α-hetero) is 1. The van der Waals surface area contributed by atoms with Crippen LogP contribution in [0.3, 0.4) is 0 Å². The molecular formula is C18H24O3. The molecule has 2 atom stereocenters. The summed E-state index contributed by atoms with van der Waals surface area (Å²) in [7, 11) is 1.63. The molecule has 114 valence electrons. The van der Waals surface area contributed by atoms with E-state index in [0.717, 1.165) is 48.8 Å². The van der Waals surface area contributed by atoms with Crippen molar-refractivity contribution in [2.24, 2.45) is 11.8 Å². The Labute approximate surface area is 126 Å². The molecule has 0 amide bonds. The Hall–Kier alpha value is -1.64. The Morgan fingerprint density at radius 3 is 2.95 bits per heavy atom. The molecule has 0 spiro atoms. The number of aryl methyl sites for hydroxylation is 1. The first kappa shape index (κ1) is 15.7. The highest BCUT2D eigenvalue weighted by atomic mass is 16.5. The maximum Gasteiger partial charge on any atom is 0.163 e. The van der Waals surface area contributed by atoms with Crippen LogP contribution in [0.2, 0.25) is 0 Å². The first-order chi connectivity index (χ1) is 10.2. The van der Waals surface area contributed by atoms with Gasteiger partial charge in [0, 0.05) is 18.4 Å². The maximum atomic E-state index is 12.5.